The fourth-order valence-corrected chi connectivity index (χ4v) is 3.18. The molecular formula is C13H17ClFNO. The van der Waals surface area contributed by atoms with Crippen LogP contribution < -0.4 is 10.5 Å². The molecule has 0 aliphatic heterocycles. The third kappa shape index (κ3) is 2.02. The van der Waals surface area contributed by atoms with Gasteiger partial charge in [0.2, 0.25) is 0 Å². The molecule has 0 unspecified atom stereocenters. The van der Waals surface area contributed by atoms with Crippen molar-refractivity contribution in [3.05, 3.63) is 28.5 Å². The second-order valence-corrected chi connectivity index (χ2v) is 5.04. The Balaban J connectivity index is 2.60. The Kier molecular flexibility index (Phi) is 3.59. The summed E-state index contributed by atoms with van der Waals surface area (Å²) >= 11 is 6.23. The van der Waals surface area contributed by atoms with Gasteiger partial charge in [-0.25, -0.2) is 4.39 Å². The molecule has 4 heteroatoms. The highest BCUT2D eigenvalue weighted by Gasteiger charge is 2.39. The summed E-state index contributed by atoms with van der Waals surface area (Å²) in [4.78, 5) is 0. The number of ether oxygens (including phenoxy) is 1. The van der Waals surface area contributed by atoms with Crippen molar-refractivity contribution in [1.82, 2.24) is 0 Å². The zero-order valence-corrected chi connectivity index (χ0v) is 10.7. The number of nitrogens with two attached hydrogens (primary N) is 1. The number of hydrogen-bond donors (Lipinski definition) is 1. The first-order valence-electron chi connectivity index (χ1n) is 5.87. The summed E-state index contributed by atoms with van der Waals surface area (Å²) in [5.74, 6) is -0.114. The van der Waals surface area contributed by atoms with Crippen LogP contribution in [-0.4, -0.2) is 13.7 Å². The SMILES string of the molecule is COc1c(F)ccc(Cl)c1C1(CN)CCCC1. The fourth-order valence-electron chi connectivity index (χ4n) is 2.83. The molecule has 1 aliphatic carbocycles. The molecule has 1 aromatic rings. The van der Waals surface area contributed by atoms with Crippen LogP contribution in [0.25, 0.3) is 0 Å². The standard InChI is InChI=1S/C13H17ClFNO/c1-17-12-10(15)5-4-9(14)11(12)13(8-16)6-2-3-7-13/h4-5H,2-3,6-8,16H2,1H3. The van der Waals surface area contributed by atoms with Gasteiger partial charge in [0, 0.05) is 22.5 Å². The largest absolute Gasteiger partial charge is 0.493 e. The zero-order chi connectivity index (χ0) is 12.5. The quantitative estimate of drug-likeness (QED) is 0.902. The lowest BCUT2D eigenvalue weighted by atomic mass is 9.78. The summed E-state index contributed by atoms with van der Waals surface area (Å²) in [6.45, 7) is 0.479. The normalized spacial score (nSPS) is 18.4. The number of rotatable bonds is 3. The van der Waals surface area contributed by atoms with Crippen LogP contribution in [0.1, 0.15) is 31.2 Å². The molecule has 0 radical (unpaired) electrons. The molecule has 0 amide bonds. The third-order valence-electron chi connectivity index (χ3n) is 3.74. The maximum Gasteiger partial charge on any atom is 0.165 e. The minimum atomic E-state index is -0.369. The van der Waals surface area contributed by atoms with E-state index in [2.05, 4.69) is 0 Å². The molecule has 94 valence electrons. The number of benzene rings is 1. The van der Waals surface area contributed by atoms with E-state index in [-0.39, 0.29) is 17.0 Å². The Bertz CT molecular complexity index is 416. The summed E-state index contributed by atoms with van der Waals surface area (Å²) in [6, 6.07) is 2.92. The van der Waals surface area contributed by atoms with Crippen molar-refractivity contribution in [3.8, 4) is 5.75 Å². The van der Waals surface area contributed by atoms with Crippen LogP contribution in [0.3, 0.4) is 0 Å². The Labute approximate surface area is 106 Å². The highest BCUT2D eigenvalue weighted by atomic mass is 35.5. The molecule has 1 fully saturated rings. The van der Waals surface area contributed by atoms with Crippen molar-refractivity contribution in [1.29, 1.82) is 0 Å². The minimum absolute atomic E-state index is 0.218. The van der Waals surface area contributed by atoms with Gasteiger partial charge in [-0.15, -0.1) is 0 Å². The summed E-state index contributed by atoms with van der Waals surface area (Å²) < 4.78 is 18.9. The molecule has 0 spiro atoms. The van der Waals surface area contributed by atoms with Gasteiger partial charge in [0.15, 0.2) is 11.6 Å². The monoisotopic (exact) mass is 257 g/mol. The van der Waals surface area contributed by atoms with E-state index >= 15 is 0 Å². The van der Waals surface area contributed by atoms with Crippen molar-refractivity contribution in [2.75, 3.05) is 13.7 Å². The van der Waals surface area contributed by atoms with E-state index in [9.17, 15) is 4.39 Å². The van der Waals surface area contributed by atoms with Crippen molar-refractivity contribution in [2.24, 2.45) is 5.73 Å². The van der Waals surface area contributed by atoms with Crippen LogP contribution in [0.4, 0.5) is 4.39 Å². The van der Waals surface area contributed by atoms with E-state index < -0.39 is 0 Å². The van der Waals surface area contributed by atoms with E-state index in [1.54, 1.807) is 6.07 Å². The average Bonchev–Trinajstić information content (AvgIpc) is 2.81. The summed E-state index contributed by atoms with van der Waals surface area (Å²) in [5.41, 5.74) is 6.44. The molecule has 2 rings (SSSR count). The second kappa shape index (κ2) is 4.83. The molecule has 0 bridgehead atoms. The first-order chi connectivity index (χ1) is 8.14. The maximum absolute atomic E-state index is 13.8. The lowest BCUT2D eigenvalue weighted by Crippen LogP contribution is -2.33. The summed E-state index contributed by atoms with van der Waals surface area (Å²) in [7, 11) is 1.47. The number of methoxy groups -OCH3 is 1. The van der Waals surface area contributed by atoms with E-state index in [0.717, 1.165) is 31.2 Å². The topological polar surface area (TPSA) is 35.2 Å². The van der Waals surface area contributed by atoms with Gasteiger partial charge in [0.25, 0.3) is 0 Å². The zero-order valence-electron chi connectivity index (χ0n) is 9.93. The summed E-state index contributed by atoms with van der Waals surface area (Å²) in [5, 5.41) is 0.551. The number of halogens is 2. The molecular weight excluding hydrogens is 241 g/mol. The molecule has 0 atom stereocenters. The van der Waals surface area contributed by atoms with Gasteiger partial charge >= 0.3 is 0 Å². The third-order valence-corrected chi connectivity index (χ3v) is 4.06. The smallest absolute Gasteiger partial charge is 0.165 e. The molecule has 1 aromatic carbocycles. The molecule has 0 saturated heterocycles. The molecule has 17 heavy (non-hydrogen) atoms. The lowest BCUT2D eigenvalue weighted by molar-refractivity contribution is 0.356. The average molecular weight is 258 g/mol. The van der Waals surface area contributed by atoms with Crippen LogP contribution in [-0.2, 0) is 5.41 Å². The molecule has 0 aromatic heterocycles. The van der Waals surface area contributed by atoms with Gasteiger partial charge < -0.3 is 10.5 Å². The van der Waals surface area contributed by atoms with E-state index in [1.165, 1.54) is 13.2 Å². The highest BCUT2D eigenvalue weighted by molar-refractivity contribution is 6.31. The Morgan fingerprint density at radius 3 is 2.59 bits per heavy atom. The van der Waals surface area contributed by atoms with E-state index in [0.29, 0.717) is 11.6 Å². The molecule has 0 heterocycles. The van der Waals surface area contributed by atoms with Crippen molar-refractivity contribution >= 4 is 11.6 Å². The Morgan fingerprint density at radius 1 is 1.41 bits per heavy atom. The Hall–Kier alpha value is -0.800. The Morgan fingerprint density at radius 2 is 2.06 bits per heavy atom. The maximum atomic E-state index is 13.8. The lowest BCUT2D eigenvalue weighted by Gasteiger charge is -2.30. The van der Waals surface area contributed by atoms with Gasteiger partial charge in [-0.3, -0.25) is 0 Å². The highest BCUT2D eigenvalue weighted by Crippen LogP contribution is 2.47. The molecule has 1 saturated carbocycles. The summed E-state index contributed by atoms with van der Waals surface area (Å²) in [6.07, 6.45) is 4.10. The molecule has 2 nitrogen and oxygen atoms in total. The minimum Gasteiger partial charge on any atom is -0.493 e. The molecule has 1 aliphatic rings. The van der Waals surface area contributed by atoms with Gasteiger partial charge in [0.1, 0.15) is 0 Å². The van der Waals surface area contributed by atoms with E-state index in [4.69, 9.17) is 22.1 Å². The van der Waals surface area contributed by atoms with Crippen LogP contribution in [0.5, 0.6) is 5.75 Å². The van der Waals surface area contributed by atoms with Gasteiger partial charge in [0.05, 0.1) is 7.11 Å². The van der Waals surface area contributed by atoms with Crippen molar-refractivity contribution in [2.45, 2.75) is 31.1 Å². The van der Waals surface area contributed by atoms with Crippen molar-refractivity contribution < 1.29 is 9.13 Å². The van der Waals surface area contributed by atoms with Gasteiger partial charge in [-0.05, 0) is 25.0 Å². The van der Waals surface area contributed by atoms with E-state index in [1.807, 2.05) is 0 Å². The molecule has 2 N–H and O–H groups in total. The van der Waals surface area contributed by atoms with Crippen LogP contribution in [0.2, 0.25) is 5.02 Å². The second-order valence-electron chi connectivity index (χ2n) is 4.63. The predicted molar refractivity (Wildman–Crippen MR) is 67.2 cm³/mol. The fraction of sp³-hybridized carbons (Fsp3) is 0.538. The first-order valence-corrected chi connectivity index (χ1v) is 6.25. The van der Waals surface area contributed by atoms with Crippen LogP contribution >= 0.6 is 11.6 Å². The van der Waals surface area contributed by atoms with Crippen LogP contribution in [0, 0.1) is 5.82 Å². The van der Waals surface area contributed by atoms with Crippen LogP contribution in [0.15, 0.2) is 12.1 Å². The predicted octanol–water partition coefficient (Wildman–Crippen LogP) is 3.26. The first kappa shape index (κ1) is 12.7. The van der Waals surface area contributed by atoms with Gasteiger partial charge in [-0.1, -0.05) is 24.4 Å². The number of hydrogen-bond acceptors (Lipinski definition) is 2. The van der Waals surface area contributed by atoms with Gasteiger partial charge in [-0.2, -0.15) is 0 Å². The van der Waals surface area contributed by atoms with Crippen molar-refractivity contribution in [3.63, 3.8) is 0 Å².